The van der Waals surface area contributed by atoms with E-state index in [0.29, 0.717) is 11.6 Å². The average molecular weight is 269 g/mol. The summed E-state index contributed by atoms with van der Waals surface area (Å²) in [6, 6.07) is 4.48. The second kappa shape index (κ2) is 6.22. The number of benzene rings is 1. The third-order valence-electron chi connectivity index (χ3n) is 3.87. The Hall–Kier alpha value is -1.32. The number of hydrogen-bond donors (Lipinski definition) is 1. The van der Waals surface area contributed by atoms with Crippen LogP contribution in [0.3, 0.4) is 0 Å². The van der Waals surface area contributed by atoms with Crippen molar-refractivity contribution in [1.82, 2.24) is 0 Å². The minimum atomic E-state index is -2.55. The molecule has 2 nitrogen and oxygen atoms in total. The molecule has 0 bridgehead atoms. The van der Waals surface area contributed by atoms with E-state index in [4.69, 9.17) is 10.5 Å². The van der Waals surface area contributed by atoms with Crippen LogP contribution in [0.15, 0.2) is 18.2 Å². The minimum Gasteiger partial charge on any atom is -0.490 e. The number of rotatable bonds is 4. The van der Waals surface area contributed by atoms with Crippen molar-refractivity contribution in [1.29, 1.82) is 0 Å². The molecule has 1 saturated carbocycles. The van der Waals surface area contributed by atoms with Gasteiger partial charge in [-0.15, -0.1) is 0 Å². The first-order valence-corrected chi connectivity index (χ1v) is 6.94. The van der Waals surface area contributed by atoms with Crippen LogP contribution in [0.1, 0.15) is 51.0 Å². The zero-order valence-electron chi connectivity index (χ0n) is 11.2. The molecule has 19 heavy (non-hydrogen) atoms. The molecule has 106 valence electrons. The van der Waals surface area contributed by atoms with Crippen LogP contribution < -0.4 is 10.5 Å². The molecule has 1 aromatic carbocycles. The van der Waals surface area contributed by atoms with Crippen molar-refractivity contribution in [3.63, 3.8) is 0 Å². The van der Waals surface area contributed by atoms with Gasteiger partial charge in [-0.2, -0.15) is 0 Å². The highest BCUT2D eigenvalue weighted by Gasteiger charge is 2.24. The normalized spacial score (nSPS) is 23.6. The highest BCUT2D eigenvalue weighted by Crippen LogP contribution is 2.35. The van der Waals surface area contributed by atoms with E-state index in [-0.39, 0.29) is 17.4 Å². The van der Waals surface area contributed by atoms with Crippen molar-refractivity contribution in [2.75, 3.05) is 5.73 Å². The lowest BCUT2D eigenvalue weighted by atomic mass is 9.85. The van der Waals surface area contributed by atoms with Crippen LogP contribution in [0.5, 0.6) is 5.75 Å². The van der Waals surface area contributed by atoms with Crippen LogP contribution in [0.2, 0.25) is 0 Å². The molecule has 2 rings (SSSR count). The van der Waals surface area contributed by atoms with Gasteiger partial charge in [0.15, 0.2) is 0 Å². The Bertz CT molecular complexity index is 423. The van der Waals surface area contributed by atoms with Gasteiger partial charge in [0, 0.05) is 5.69 Å². The summed E-state index contributed by atoms with van der Waals surface area (Å²) in [6.45, 7) is 2.17. The van der Waals surface area contributed by atoms with Gasteiger partial charge in [-0.3, -0.25) is 0 Å². The van der Waals surface area contributed by atoms with Crippen molar-refractivity contribution in [2.45, 2.75) is 51.6 Å². The maximum absolute atomic E-state index is 13.0. The van der Waals surface area contributed by atoms with Crippen molar-refractivity contribution in [3.05, 3.63) is 23.8 Å². The molecular weight excluding hydrogens is 248 g/mol. The van der Waals surface area contributed by atoms with E-state index in [0.717, 1.165) is 25.7 Å². The molecule has 2 N–H and O–H groups in total. The molecule has 0 amide bonds. The Morgan fingerprint density at radius 2 is 2.16 bits per heavy atom. The Kier molecular flexibility index (Phi) is 4.61. The van der Waals surface area contributed by atoms with Gasteiger partial charge in [0.2, 0.25) is 0 Å². The van der Waals surface area contributed by atoms with E-state index in [1.54, 1.807) is 12.1 Å². The van der Waals surface area contributed by atoms with E-state index < -0.39 is 6.43 Å². The Morgan fingerprint density at radius 1 is 1.37 bits per heavy atom. The van der Waals surface area contributed by atoms with E-state index in [1.165, 1.54) is 12.5 Å². The summed E-state index contributed by atoms with van der Waals surface area (Å²) < 4.78 is 31.7. The fourth-order valence-corrected chi connectivity index (χ4v) is 2.74. The number of nitrogen functional groups attached to an aromatic ring is 1. The van der Waals surface area contributed by atoms with Crippen LogP contribution in [-0.2, 0) is 0 Å². The molecule has 0 aromatic heterocycles. The summed E-state index contributed by atoms with van der Waals surface area (Å²) in [7, 11) is 0. The van der Waals surface area contributed by atoms with Gasteiger partial charge < -0.3 is 10.5 Å². The van der Waals surface area contributed by atoms with Crippen LogP contribution >= 0.6 is 0 Å². The van der Waals surface area contributed by atoms with Gasteiger partial charge in [-0.05, 0) is 43.4 Å². The summed E-state index contributed by atoms with van der Waals surface area (Å²) in [5.41, 5.74) is 5.80. The highest BCUT2D eigenvalue weighted by molar-refractivity contribution is 5.48. The first kappa shape index (κ1) is 14.1. The third kappa shape index (κ3) is 3.58. The molecule has 0 saturated heterocycles. The van der Waals surface area contributed by atoms with Crippen molar-refractivity contribution in [3.8, 4) is 5.75 Å². The second-order valence-corrected chi connectivity index (χ2v) is 5.28. The first-order chi connectivity index (χ1) is 9.10. The number of halogens is 2. The fourth-order valence-electron chi connectivity index (χ4n) is 2.74. The zero-order valence-corrected chi connectivity index (χ0v) is 11.2. The topological polar surface area (TPSA) is 35.2 Å². The van der Waals surface area contributed by atoms with Gasteiger partial charge in [-0.1, -0.05) is 19.8 Å². The molecule has 0 heterocycles. The van der Waals surface area contributed by atoms with Gasteiger partial charge in [-0.25, -0.2) is 8.78 Å². The number of hydrogen-bond acceptors (Lipinski definition) is 2. The molecule has 4 heteroatoms. The van der Waals surface area contributed by atoms with Gasteiger partial charge in [0.25, 0.3) is 6.43 Å². The van der Waals surface area contributed by atoms with Gasteiger partial charge in [0.1, 0.15) is 5.75 Å². The molecule has 1 fully saturated rings. The SMILES string of the molecule is CCC1CCCC(Oc2ccc(N)cc2C(F)F)C1. The monoisotopic (exact) mass is 269 g/mol. The van der Waals surface area contributed by atoms with Gasteiger partial charge in [0.05, 0.1) is 11.7 Å². The molecule has 2 atom stereocenters. The van der Waals surface area contributed by atoms with Crippen LogP contribution in [-0.4, -0.2) is 6.10 Å². The predicted octanol–water partition coefficient (Wildman–Crippen LogP) is 4.55. The van der Waals surface area contributed by atoms with Gasteiger partial charge >= 0.3 is 0 Å². The van der Waals surface area contributed by atoms with Crippen molar-refractivity contribution in [2.24, 2.45) is 5.92 Å². The predicted molar refractivity (Wildman–Crippen MR) is 72.5 cm³/mol. The lowest BCUT2D eigenvalue weighted by Crippen LogP contribution is -2.25. The lowest BCUT2D eigenvalue weighted by molar-refractivity contribution is 0.107. The lowest BCUT2D eigenvalue weighted by Gasteiger charge is -2.29. The highest BCUT2D eigenvalue weighted by atomic mass is 19.3. The van der Waals surface area contributed by atoms with E-state index in [1.807, 2.05) is 0 Å². The average Bonchev–Trinajstić information content (AvgIpc) is 2.41. The summed E-state index contributed by atoms with van der Waals surface area (Å²) in [5.74, 6) is 0.938. The largest absolute Gasteiger partial charge is 0.490 e. The molecule has 2 unspecified atom stereocenters. The Morgan fingerprint density at radius 3 is 2.84 bits per heavy atom. The molecule has 1 aliphatic rings. The maximum atomic E-state index is 13.0. The summed E-state index contributed by atoms with van der Waals surface area (Å²) in [4.78, 5) is 0. The van der Waals surface area contributed by atoms with E-state index in [2.05, 4.69) is 6.92 Å². The minimum absolute atomic E-state index is 0.0554. The fraction of sp³-hybridized carbons (Fsp3) is 0.600. The smallest absolute Gasteiger partial charge is 0.267 e. The quantitative estimate of drug-likeness (QED) is 0.813. The summed E-state index contributed by atoms with van der Waals surface area (Å²) >= 11 is 0. The molecule has 0 aliphatic heterocycles. The third-order valence-corrected chi connectivity index (χ3v) is 3.87. The molecule has 1 aromatic rings. The number of alkyl halides is 2. The molecular formula is C15H21F2NO. The first-order valence-electron chi connectivity index (χ1n) is 6.94. The zero-order chi connectivity index (χ0) is 13.8. The Labute approximate surface area is 112 Å². The van der Waals surface area contributed by atoms with E-state index >= 15 is 0 Å². The van der Waals surface area contributed by atoms with Crippen molar-refractivity contribution < 1.29 is 13.5 Å². The maximum Gasteiger partial charge on any atom is 0.267 e. The van der Waals surface area contributed by atoms with Crippen LogP contribution in [0, 0.1) is 5.92 Å². The summed E-state index contributed by atoms with van der Waals surface area (Å²) in [6.07, 6.45) is 2.88. The van der Waals surface area contributed by atoms with Crippen LogP contribution in [0.25, 0.3) is 0 Å². The summed E-state index contributed by atoms with van der Waals surface area (Å²) in [5, 5.41) is 0. The standard InChI is InChI=1S/C15H21F2NO/c1-2-10-4-3-5-12(8-10)19-14-7-6-11(18)9-13(14)15(16)17/h6-7,9-10,12,15H,2-5,8,18H2,1H3. The number of nitrogens with two attached hydrogens (primary N) is 1. The van der Waals surface area contributed by atoms with Crippen LogP contribution in [0.4, 0.5) is 14.5 Å². The molecule has 0 spiro atoms. The number of anilines is 1. The van der Waals surface area contributed by atoms with Crippen molar-refractivity contribution >= 4 is 5.69 Å². The molecule has 0 radical (unpaired) electrons. The molecule has 1 aliphatic carbocycles. The Balaban J connectivity index is 2.10. The van der Waals surface area contributed by atoms with E-state index in [9.17, 15) is 8.78 Å². The number of ether oxygens (including phenoxy) is 1. The second-order valence-electron chi connectivity index (χ2n) is 5.28.